The first-order valence-corrected chi connectivity index (χ1v) is 7.90. The van der Waals surface area contributed by atoms with Gasteiger partial charge in [-0.3, -0.25) is 4.79 Å². The average molecular weight is 311 g/mol. The first-order chi connectivity index (χ1) is 11.1. The fraction of sp³-hybridized carbons (Fsp3) is 0.316. The van der Waals surface area contributed by atoms with Gasteiger partial charge in [0.05, 0.1) is 6.04 Å². The van der Waals surface area contributed by atoms with E-state index in [0.717, 1.165) is 5.56 Å². The van der Waals surface area contributed by atoms with E-state index in [1.165, 1.54) is 0 Å². The summed E-state index contributed by atoms with van der Waals surface area (Å²) < 4.78 is 11.0. The van der Waals surface area contributed by atoms with E-state index in [0.29, 0.717) is 36.2 Å². The second kappa shape index (κ2) is 6.73. The minimum absolute atomic E-state index is 0.0306. The summed E-state index contributed by atoms with van der Waals surface area (Å²) in [6, 6.07) is 15.3. The van der Waals surface area contributed by atoms with E-state index in [-0.39, 0.29) is 11.9 Å². The number of nitrogens with one attached hydrogen (secondary N) is 1. The quantitative estimate of drug-likeness (QED) is 0.939. The fourth-order valence-corrected chi connectivity index (χ4v) is 2.70. The maximum atomic E-state index is 12.6. The summed E-state index contributed by atoms with van der Waals surface area (Å²) in [5.74, 6) is 1.50. The highest BCUT2D eigenvalue weighted by Gasteiger charge is 2.20. The van der Waals surface area contributed by atoms with Crippen LogP contribution in [0.25, 0.3) is 0 Å². The van der Waals surface area contributed by atoms with Crippen molar-refractivity contribution in [2.24, 2.45) is 5.92 Å². The van der Waals surface area contributed by atoms with Crippen LogP contribution in [-0.2, 0) is 0 Å². The second-order valence-electron chi connectivity index (χ2n) is 5.96. The number of carbonyl (C=O) groups is 1. The van der Waals surface area contributed by atoms with Crippen LogP contribution in [0.3, 0.4) is 0 Å². The summed E-state index contributed by atoms with van der Waals surface area (Å²) in [5, 5.41) is 3.12. The average Bonchev–Trinajstić information content (AvgIpc) is 2.59. The number of benzene rings is 2. The molecular weight excluding hydrogens is 290 g/mol. The minimum atomic E-state index is -0.107. The Bertz CT molecular complexity index is 682. The van der Waals surface area contributed by atoms with Gasteiger partial charge >= 0.3 is 0 Å². The van der Waals surface area contributed by atoms with E-state index in [9.17, 15) is 4.79 Å². The van der Waals surface area contributed by atoms with Gasteiger partial charge in [-0.25, -0.2) is 0 Å². The molecule has 0 bridgehead atoms. The van der Waals surface area contributed by atoms with Crippen LogP contribution in [0.15, 0.2) is 48.5 Å². The van der Waals surface area contributed by atoms with Crippen molar-refractivity contribution < 1.29 is 14.3 Å². The summed E-state index contributed by atoms with van der Waals surface area (Å²) in [4.78, 5) is 12.6. The van der Waals surface area contributed by atoms with Gasteiger partial charge in [0.2, 0.25) is 0 Å². The molecule has 120 valence electrons. The monoisotopic (exact) mass is 311 g/mol. The Kier molecular flexibility index (Phi) is 4.51. The first kappa shape index (κ1) is 15.4. The molecule has 2 aromatic rings. The molecule has 1 atom stereocenters. The maximum absolute atomic E-state index is 12.6. The molecule has 1 aliphatic rings. The predicted molar refractivity (Wildman–Crippen MR) is 88.9 cm³/mol. The number of hydrogen-bond donors (Lipinski definition) is 1. The zero-order valence-corrected chi connectivity index (χ0v) is 13.4. The van der Waals surface area contributed by atoms with Crippen LogP contribution in [0.4, 0.5) is 0 Å². The van der Waals surface area contributed by atoms with Gasteiger partial charge in [0, 0.05) is 5.56 Å². The molecule has 4 nitrogen and oxygen atoms in total. The molecule has 1 unspecified atom stereocenters. The van der Waals surface area contributed by atoms with Crippen molar-refractivity contribution in [1.29, 1.82) is 0 Å². The molecule has 1 amide bonds. The highest BCUT2D eigenvalue weighted by Crippen LogP contribution is 2.31. The van der Waals surface area contributed by atoms with Crippen molar-refractivity contribution >= 4 is 5.91 Å². The Morgan fingerprint density at radius 1 is 1.00 bits per heavy atom. The topological polar surface area (TPSA) is 47.6 Å². The Morgan fingerprint density at radius 2 is 1.70 bits per heavy atom. The number of fused-ring (bicyclic) bond motifs is 1. The van der Waals surface area contributed by atoms with Crippen molar-refractivity contribution in [3.63, 3.8) is 0 Å². The van der Waals surface area contributed by atoms with E-state index < -0.39 is 0 Å². The van der Waals surface area contributed by atoms with Gasteiger partial charge in [-0.2, -0.15) is 0 Å². The molecule has 0 fully saturated rings. The summed E-state index contributed by atoms with van der Waals surface area (Å²) >= 11 is 0. The van der Waals surface area contributed by atoms with E-state index in [1.54, 1.807) is 18.2 Å². The van der Waals surface area contributed by atoms with Crippen LogP contribution in [0, 0.1) is 5.92 Å². The third kappa shape index (κ3) is 3.47. The SMILES string of the molecule is CC(C)C(NC(=O)c1ccc2c(c1)OCCO2)c1ccccc1. The molecule has 0 saturated carbocycles. The van der Waals surface area contributed by atoms with Crippen molar-refractivity contribution in [3.8, 4) is 11.5 Å². The molecule has 1 heterocycles. The van der Waals surface area contributed by atoms with E-state index in [2.05, 4.69) is 19.2 Å². The molecule has 4 heteroatoms. The first-order valence-electron chi connectivity index (χ1n) is 7.90. The molecule has 0 spiro atoms. The molecule has 0 saturated heterocycles. The van der Waals surface area contributed by atoms with Crippen LogP contribution in [0.1, 0.15) is 35.8 Å². The van der Waals surface area contributed by atoms with Gasteiger partial charge in [0.25, 0.3) is 5.91 Å². The van der Waals surface area contributed by atoms with Gasteiger partial charge in [0.1, 0.15) is 13.2 Å². The standard InChI is InChI=1S/C19H21NO3/c1-13(2)18(14-6-4-3-5-7-14)20-19(21)15-8-9-16-17(12-15)23-11-10-22-16/h3-9,12-13,18H,10-11H2,1-2H3,(H,20,21). The van der Waals surface area contributed by atoms with Crippen LogP contribution >= 0.6 is 0 Å². The van der Waals surface area contributed by atoms with Crippen LogP contribution in [-0.4, -0.2) is 19.1 Å². The Morgan fingerprint density at radius 3 is 2.39 bits per heavy atom. The van der Waals surface area contributed by atoms with E-state index in [4.69, 9.17) is 9.47 Å². The van der Waals surface area contributed by atoms with Crippen molar-refractivity contribution in [2.45, 2.75) is 19.9 Å². The number of ether oxygens (including phenoxy) is 2. The molecule has 0 aliphatic carbocycles. The van der Waals surface area contributed by atoms with Gasteiger partial charge in [-0.05, 0) is 29.7 Å². The van der Waals surface area contributed by atoms with Crippen molar-refractivity contribution in [1.82, 2.24) is 5.32 Å². The molecule has 23 heavy (non-hydrogen) atoms. The Labute approximate surface area is 136 Å². The number of rotatable bonds is 4. The highest BCUT2D eigenvalue weighted by molar-refractivity contribution is 5.95. The Hall–Kier alpha value is -2.49. The van der Waals surface area contributed by atoms with Crippen molar-refractivity contribution in [2.75, 3.05) is 13.2 Å². The summed E-state index contributed by atoms with van der Waals surface area (Å²) in [6.45, 7) is 5.25. The number of carbonyl (C=O) groups excluding carboxylic acids is 1. The number of amides is 1. The second-order valence-corrected chi connectivity index (χ2v) is 5.96. The van der Waals surface area contributed by atoms with Gasteiger partial charge in [-0.15, -0.1) is 0 Å². The van der Waals surface area contributed by atoms with E-state index in [1.807, 2.05) is 30.3 Å². The summed E-state index contributed by atoms with van der Waals surface area (Å²) in [6.07, 6.45) is 0. The summed E-state index contributed by atoms with van der Waals surface area (Å²) in [7, 11) is 0. The fourth-order valence-electron chi connectivity index (χ4n) is 2.70. The predicted octanol–water partition coefficient (Wildman–Crippen LogP) is 3.58. The third-order valence-corrected chi connectivity index (χ3v) is 3.92. The highest BCUT2D eigenvalue weighted by atomic mass is 16.6. The lowest BCUT2D eigenvalue weighted by molar-refractivity contribution is 0.0924. The smallest absolute Gasteiger partial charge is 0.251 e. The maximum Gasteiger partial charge on any atom is 0.251 e. The molecular formula is C19H21NO3. The van der Waals surface area contributed by atoms with Gasteiger partial charge in [-0.1, -0.05) is 44.2 Å². The lowest BCUT2D eigenvalue weighted by atomic mass is 9.95. The lowest BCUT2D eigenvalue weighted by Gasteiger charge is -2.23. The minimum Gasteiger partial charge on any atom is -0.486 e. The van der Waals surface area contributed by atoms with Gasteiger partial charge in [0.15, 0.2) is 11.5 Å². The molecule has 0 aromatic heterocycles. The molecule has 1 aliphatic heterocycles. The molecule has 2 aromatic carbocycles. The largest absolute Gasteiger partial charge is 0.486 e. The van der Waals surface area contributed by atoms with Crippen LogP contribution in [0.2, 0.25) is 0 Å². The normalized spacial score (nSPS) is 14.4. The lowest BCUT2D eigenvalue weighted by Crippen LogP contribution is -2.31. The van der Waals surface area contributed by atoms with Crippen LogP contribution in [0.5, 0.6) is 11.5 Å². The van der Waals surface area contributed by atoms with Crippen LogP contribution < -0.4 is 14.8 Å². The van der Waals surface area contributed by atoms with Crippen molar-refractivity contribution in [3.05, 3.63) is 59.7 Å². The van der Waals surface area contributed by atoms with E-state index >= 15 is 0 Å². The molecule has 0 radical (unpaired) electrons. The Balaban J connectivity index is 1.79. The van der Waals surface area contributed by atoms with Gasteiger partial charge < -0.3 is 14.8 Å². The number of hydrogen-bond acceptors (Lipinski definition) is 3. The molecule has 1 N–H and O–H groups in total. The third-order valence-electron chi connectivity index (χ3n) is 3.92. The summed E-state index contributed by atoms with van der Waals surface area (Å²) in [5.41, 5.74) is 1.68. The zero-order valence-electron chi connectivity index (χ0n) is 13.4. The molecule has 3 rings (SSSR count). The zero-order chi connectivity index (χ0) is 16.2.